The van der Waals surface area contributed by atoms with Crippen LogP contribution in [0.1, 0.15) is 12.8 Å². The van der Waals surface area contributed by atoms with Gasteiger partial charge in [-0.3, -0.25) is 0 Å². The van der Waals surface area contributed by atoms with E-state index >= 15 is 0 Å². The van der Waals surface area contributed by atoms with E-state index in [9.17, 15) is 0 Å². The normalized spacial score (nSPS) is 32.2. The molecule has 1 atom stereocenters. The number of ether oxygens (including phenoxy) is 3. The predicted octanol–water partition coefficient (Wildman–Crippen LogP) is 0.828. The van der Waals surface area contributed by atoms with Crippen LogP contribution in [0, 0.1) is 0 Å². The van der Waals surface area contributed by atoms with Gasteiger partial charge in [-0.25, -0.2) is 0 Å². The van der Waals surface area contributed by atoms with Crippen molar-refractivity contribution in [1.29, 1.82) is 0 Å². The molecule has 0 aromatic rings. The van der Waals surface area contributed by atoms with E-state index in [1.807, 2.05) is 0 Å². The summed E-state index contributed by atoms with van der Waals surface area (Å²) in [5.74, 6) is 0. The minimum Gasteiger partial charge on any atom is -0.382 e. The molecule has 1 saturated heterocycles. The molecule has 1 rings (SSSR count). The highest BCUT2D eigenvalue weighted by atomic mass is 16.6. The molecule has 1 heterocycles. The van der Waals surface area contributed by atoms with Gasteiger partial charge in [0.1, 0.15) is 5.60 Å². The highest BCUT2D eigenvalue weighted by Gasteiger charge is 2.32. The Labute approximate surface area is 67.6 Å². The van der Waals surface area contributed by atoms with Gasteiger partial charge < -0.3 is 14.2 Å². The van der Waals surface area contributed by atoms with Crippen molar-refractivity contribution in [1.82, 2.24) is 0 Å². The monoisotopic (exact) mass is 160 g/mol. The average Bonchev–Trinajstić information content (AvgIpc) is 2.07. The first-order valence-corrected chi connectivity index (χ1v) is 3.95. The molecule has 0 N–H and O–H groups in total. The van der Waals surface area contributed by atoms with Gasteiger partial charge in [0.15, 0.2) is 0 Å². The lowest BCUT2D eigenvalue weighted by atomic mass is 9.98. The Morgan fingerprint density at radius 2 is 2.27 bits per heavy atom. The number of hydrogen-bond donors (Lipinski definition) is 0. The third-order valence-electron chi connectivity index (χ3n) is 2.13. The zero-order chi connectivity index (χ0) is 8.16. The van der Waals surface area contributed by atoms with Crippen LogP contribution in [-0.2, 0) is 14.2 Å². The summed E-state index contributed by atoms with van der Waals surface area (Å²) in [6.45, 7) is 2.15. The van der Waals surface area contributed by atoms with Gasteiger partial charge in [-0.2, -0.15) is 0 Å². The van der Waals surface area contributed by atoms with E-state index in [1.165, 1.54) is 0 Å². The Kier molecular flexibility index (Phi) is 3.30. The van der Waals surface area contributed by atoms with E-state index in [0.29, 0.717) is 13.2 Å². The molecule has 3 nitrogen and oxygen atoms in total. The molecule has 0 saturated carbocycles. The highest BCUT2D eigenvalue weighted by molar-refractivity contribution is 4.82. The summed E-state index contributed by atoms with van der Waals surface area (Å²) >= 11 is 0. The molecule has 0 aromatic heterocycles. The van der Waals surface area contributed by atoms with Crippen molar-refractivity contribution < 1.29 is 14.2 Å². The van der Waals surface area contributed by atoms with Crippen molar-refractivity contribution in [2.75, 3.05) is 34.0 Å². The smallest absolute Gasteiger partial charge is 0.114 e. The van der Waals surface area contributed by atoms with Crippen LogP contribution in [0.2, 0.25) is 0 Å². The standard InChI is InChI=1S/C8H16O3/c1-9-6-8(10-2)4-3-5-11-7-8/h3-7H2,1-2H3. The van der Waals surface area contributed by atoms with E-state index in [-0.39, 0.29) is 5.60 Å². The van der Waals surface area contributed by atoms with Gasteiger partial charge in [-0.1, -0.05) is 0 Å². The third kappa shape index (κ3) is 2.15. The van der Waals surface area contributed by atoms with Crippen molar-refractivity contribution in [3.63, 3.8) is 0 Å². The summed E-state index contributed by atoms with van der Waals surface area (Å²) in [6, 6.07) is 0. The van der Waals surface area contributed by atoms with Crippen molar-refractivity contribution in [3.05, 3.63) is 0 Å². The van der Waals surface area contributed by atoms with Gasteiger partial charge in [-0.05, 0) is 12.8 Å². The first-order chi connectivity index (χ1) is 5.33. The fourth-order valence-corrected chi connectivity index (χ4v) is 1.42. The zero-order valence-electron chi connectivity index (χ0n) is 7.26. The summed E-state index contributed by atoms with van der Waals surface area (Å²) in [6.07, 6.45) is 2.11. The van der Waals surface area contributed by atoms with Gasteiger partial charge in [0.25, 0.3) is 0 Å². The molecule has 1 unspecified atom stereocenters. The molecule has 66 valence electrons. The molecule has 11 heavy (non-hydrogen) atoms. The minimum absolute atomic E-state index is 0.174. The summed E-state index contributed by atoms with van der Waals surface area (Å²) in [7, 11) is 3.41. The molecular formula is C8H16O3. The second kappa shape index (κ2) is 4.04. The molecule has 0 bridgehead atoms. The maximum absolute atomic E-state index is 5.37. The lowest BCUT2D eigenvalue weighted by Gasteiger charge is -2.34. The molecule has 1 aliphatic heterocycles. The average molecular weight is 160 g/mol. The summed E-state index contributed by atoms with van der Waals surface area (Å²) in [4.78, 5) is 0. The molecule has 0 amide bonds. The van der Waals surface area contributed by atoms with Gasteiger partial charge >= 0.3 is 0 Å². The van der Waals surface area contributed by atoms with Crippen LogP contribution in [0.5, 0.6) is 0 Å². The van der Waals surface area contributed by atoms with Crippen molar-refractivity contribution in [3.8, 4) is 0 Å². The van der Waals surface area contributed by atoms with Crippen molar-refractivity contribution in [2.24, 2.45) is 0 Å². The van der Waals surface area contributed by atoms with E-state index in [2.05, 4.69) is 0 Å². The van der Waals surface area contributed by atoms with Crippen molar-refractivity contribution >= 4 is 0 Å². The maximum atomic E-state index is 5.37. The third-order valence-corrected chi connectivity index (χ3v) is 2.13. The fourth-order valence-electron chi connectivity index (χ4n) is 1.42. The lowest BCUT2D eigenvalue weighted by Crippen LogP contribution is -2.44. The number of rotatable bonds is 3. The second-order valence-corrected chi connectivity index (χ2v) is 2.98. The van der Waals surface area contributed by atoms with Crippen LogP contribution in [0.3, 0.4) is 0 Å². The van der Waals surface area contributed by atoms with E-state index < -0.39 is 0 Å². The van der Waals surface area contributed by atoms with Gasteiger partial charge in [-0.15, -0.1) is 0 Å². The molecule has 0 aliphatic carbocycles. The highest BCUT2D eigenvalue weighted by Crippen LogP contribution is 2.22. The topological polar surface area (TPSA) is 27.7 Å². The first-order valence-electron chi connectivity index (χ1n) is 3.95. The summed E-state index contributed by atoms with van der Waals surface area (Å²) in [5.41, 5.74) is -0.174. The molecule has 3 heteroatoms. The van der Waals surface area contributed by atoms with Crippen LogP contribution in [0.4, 0.5) is 0 Å². The quantitative estimate of drug-likeness (QED) is 0.612. The largest absolute Gasteiger partial charge is 0.382 e. The lowest BCUT2D eigenvalue weighted by molar-refractivity contribution is -0.138. The Morgan fingerprint density at radius 3 is 2.73 bits per heavy atom. The Bertz CT molecular complexity index is 102. The van der Waals surface area contributed by atoms with Crippen LogP contribution >= 0.6 is 0 Å². The molecule has 1 aliphatic rings. The first kappa shape index (κ1) is 8.97. The SMILES string of the molecule is COCC1(OC)CCCOC1. The van der Waals surface area contributed by atoms with Crippen molar-refractivity contribution in [2.45, 2.75) is 18.4 Å². The molecular weight excluding hydrogens is 144 g/mol. The van der Waals surface area contributed by atoms with Gasteiger partial charge in [0, 0.05) is 20.8 Å². The van der Waals surface area contributed by atoms with Gasteiger partial charge in [0.2, 0.25) is 0 Å². The molecule has 0 radical (unpaired) electrons. The van der Waals surface area contributed by atoms with Crippen LogP contribution in [0.25, 0.3) is 0 Å². The number of hydrogen-bond acceptors (Lipinski definition) is 3. The predicted molar refractivity (Wildman–Crippen MR) is 41.7 cm³/mol. The Hall–Kier alpha value is -0.120. The van der Waals surface area contributed by atoms with E-state index in [1.54, 1.807) is 14.2 Å². The molecule has 1 fully saturated rings. The Morgan fingerprint density at radius 1 is 1.45 bits per heavy atom. The van der Waals surface area contributed by atoms with E-state index in [0.717, 1.165) is 19.4 Å². The maximum Gasteiger partial charge on any atom is 0.114 e. The molecule has 0 spiro atoms. The zero-order valence-corrected chi connectivity index (χ0v) is 7.26. The van der Waals surface area contributed by atoms with Gasteiger partial charge in [0.05, 0.1) is 13.2 Å². The summed E-state index contributed by atoms with van der Waals surface area (Å²) in [5, 5.41) is 0. The van der Waals surface area contributed by atoms with Crippen LogP contribution in [0.15, 0.2) is 0 Å². The second-order valence-electron chi connectivity index (χ2n) is 2.98. The van der Waals surface area contributed by atoms with Crippen LogP contribution in [-0.4, -0.2) is 39.6 Å². The summed E-state index contributed by atoms with van der Waals surface area (Å²) < 4.78 is 15.8. The fraction of sp³-hybridized carbons (Fsp3) is 1.00. The minimum atomic E-state index is -0.174. The molecule has 0 aromatic carbocycles. The van der Waals surface area contributed by atoms with E-state index in [4.69, 9.17) is 14.2 Å². The van der Waals surface area contributed by atoms with Crippen LogP contribution < -0.4 is 0 Å². The Balaban J connectivity index is 2.42. The number of methoxy groups -OCH3 is 2.